The predicted octanol–water partition coefficient (Wildman–Crippen LogP) is 1.28. The highest BCUT2D eigenvalue weighted by molar-refractivity contribution is 5.83. The molecule has 21 heavy (non-hydrogen) atoms. The minimum Gasteiger partial charge on any atom is -0.352 e. The maximum Gasteiger partial charge on any atom is 0.237 e. The molecule has 0 saturated heterocycles. The van der Waals surface area contributed by atoms with E-state index in [-0.39, 0.29) is 24.4 Å². The first-order valence-corrected chi connectivity index (χ1v) is 8.27. The van der Waals surface area contributed by atoms with E-state index in [0.29, 0.717) is 18.0 Å². The quantitative estimate of drug-likeness (QED) is 0.776. The first kappa shape index (κ1) is 16.3. The lowest BCUT2D eigenvalue weighted by Gasteiger charge is -2.32. The van der Waals surface area contributed by atoms with Crippen LogP contribution in [-0.4, -0.2) is 48.4 Å². The smallest absolute Gasteiger partial charge is 0.237 e. The molecule has 0 heterocycles. The molecule has 0 spiro atoms. The van der Waals surface area contributed by atoms with Crippen molar-refractivity contribution >= 4 is 11.8 Å². The number of carbonyl (C=O) groups excluding carboxylic acids is 2. The van der Waals surface area contributed by atoms with Gasteiger partial charge in [0.1, 0.15) is 0 Å². The summed E-state index contributed by atoms with van der Waals surface area (Å²) in [7, 11) is 1.83. The zero-order valence-electron chi connectivity index (χ0n) is 13.5. The molecule has 2 aliphatic carbocycles. The number of likely N-dealkylation sites (N-methyl/N-ethyl adjacent to an activating group) is 1. The van der Waals surface area contributed by atoms with Crippen LogP contribution in [-0.2, 0) is 9.59 Å². The lowest BCUT2D eigenvalue weighted by Crippen LogP contribution is -2.51. The van der Waals surface area contributed by atoms with E-state index in [2.05, 4.69) is 17.6 Å². The van der Waals surface area contributed by atoms with Crippen LogP contribution >= 0.6 is 0 Å². The number of amides is 2. The number of hydrogen-bond acceptors (Lipinski definition) is 3. The van der Waals surface area contributed by atoms with Crippen molar-refractivity contribution in [1.29, 1.82) is 0 Å². The van der Waals surface area contributed by atoms with Crippen LogP contribution in [0.2, 0.25) is 0 Å². The van der Waals surface area contributed by atoms with Gasteiger partial charge in [0.2, 0.25) is 11.8 Å². The van der Waals surface area contributed by atoms with Crippen LogP contribution in [0, 0.1) is 5.92 Å². The summed E-state index contributed by atoms with van der Waals surface area (Å²) in [5.74, 6) is 0.611. The van der Waals surface area contributed by atoms with Gasteiger partial charge in [-0.1, -0.05) is 19.8 Å². The van der Waals surface area contributed by atoms with E-state index >= 15 is 0 Å². The average Bonchev–Trinajstić information content (AvgIpc) is 3.24. The molecule has 0 bridgehead atoms. The van der Waals surface area contributed by atoms with Gasteiger partial charge in [-0.15, -0.1) is 0 Å². The Morgan fingerprint density at radius 2 is 1.81 bits per heavy atom. The summed E-state index contributed by atoms with van der Waals surface area (Å²) < 4.78 is 0. The second-order valence-corrected chi connectivity index (χ2v) is 6.81. The fraction of sp³-hybridized carbons (Fsp3) is 0.875. The van der Waals surface area contributed by atoms with Crippen molar-refractivity contribution in [2.24, 2.45) is 5.92 Å². The van der Waals surface area contributed by atoms with Crippen LogP contribution in [0.5, 0.6) is 0 Å². The van der Waals surface area contributed by atoms with Crippen LogP contribution in [0.4, 0.5) is 0 Å². The topological polar surface area (TPSA) is 61.4 Å². The molecule has 2 N–H and O–H groups in total. The SMILES string of the molecule is C[C@@H]1CCCC[C@@H]1NC(=O)[C@@H](C)N(C)CC(=O)NC1CC1. The number of rotatable bonds is 6. The van der Waals surface area contributed by atoms with E-state index in [0.717, 1.165) is 19.3 Å². The van der Waals surface area contributed by atoms with Gasteiger partial charge in [0, 0.05) is 12.1 Å². The third-order valence-electron chi connectivity index (χ3n) is 4.82. The molecule has 2 aliphatic rings. The van der Waals surface area contributed by atoms with Crippen molar-refractivity contribution in [3.8, 4) is 0 Å². The molecule has 0 radical (unpaired) electrons. The standard InChI is InChI=1S/C16H29N3O2/c1-11-6-4-5-7-14(11)18-16(21)12(2)19(3)10-15(20)17-13-8-9-13/h11-14H,4-10H2,1-3H3,(H,17,20)(H,18,21)/t11-,12-,14+/m1/s1. The molecular formula is C16H29N3O2. The first-order chi connectivity index (χ1) is 9.97. The lowest BCUT2D eigenvalue weighted by atomic mass is 9.86. The first-order valence-electron chi connectivity index (χ1n) is 8.27. The van der Waals surface area contributed by atoms with E-state index in [1.807, 2.05) is 18.9 Å². The summed E-state index contributed by atoms with van der Waals surface area (Å²) in [5, 5.41) is 6.12. The molecule has 0 aromatic heterocycles. The Labute approximate surface area is 127 Å². The molecule has 2 fully saturated rings. The molecule has 0 aliphatic heterocycles. The molecule has 2 amide bonds. The summed E-state index contributed by atoms with van der Waals surface area (Å²) in [6.45, 7) is 4.36. The molecule has 120 valence electrons. The van der Waals surface area contributed by atoms with Crippen LogP contribution in [0.3, 0.4) is 0 Å². The molecule has 0 unspecified atom stereocenters. The highest BCUT2D eigenvalue weighted by atomic mass is 16.2. The Hall–Kier alpha value is -1.10. The fourth-order valence-corrected chi connectivity index (χ4v) is 2.90. The Balaban J connectivity index is 1.75. The Kier molecular flexibility index (Phi) is 5.62. The Bertz CT molecular complexity index is 382. The van der Waals surface area contributed by atoms with Crippen LogP contribution < -0.4 is 10.6 Å². The van der Waals surface area contributed by atoms with Crippen molar-refractivity contribution in [2.45, 2.75) is 70.5 Å². The summed E-state index contributed by atoms with van der Waals surface area (Å²) >= 11 is 0. The minimum atomic E-state index is -0.274. The van der Waals surface area contributed by atoms with Crippen LogP contribution in [0.25, 0.3) is 0 Å². The van der Waals surface area contributed by atoms with Gasteiger partial charge >= 0.3 is 0 Å². The van der Waals surface area contributed by atoms with Crippen molar-refractivity contribution in [3.63, 3.8) is 0 Å². The van der Waals surface area contributed by atoms with E-state index < -0.39 is 0 Å². The summed E-state index contributed by atoms with van der Waals surface area (Å²) in [6, 6.07) is 0.393. The molecule has 5 heteroatoms. The van der Waals surface area contributed by atoms with E-state index in [9.17, 15) is 9.59 Å². The number of hydrogen-bond donors (Lipinski definition) is 2. The highest BCUT2D eigenvalue weighted by Gasteiger charge is 2.28. The van der Waals surface area contributed by atoms with Crippen molar-refractivity contribution < 1.29 is 9.59 Å². The van der Waals surface area contributed by atoms with Crippen LogP contribution in [0.1, 0.15) is 52.4 Å². The van der Waals surface area contributed by atoms with Gasteiger partial charge < -0.3 is 10.6 Å². The Morgan fingerprint density at radius 3 is 2.43 bits per heavy atom. The van der Waals surface area contributed by atoms with E-state index in [1.165, 1.54) is 19.3 Å². The molecule has 3 atom stereocenters. The van der Waals surface area contributed by atoms with E-state index in [4.69, 9.17) is 0 Å². The molecule has 0 aromatic carbocycles. The van der Waals surface area contributed by atoms with Gasteiger partial charge in [-0.3, -0.25) is 14.5 Å². The van der Waals surface area contributed by atoms with Crippen molar-refractivity contribution in [3.05, 3.63) is 0 Å². The molecule has 2 saturated carbocycles. The van der Waals surface area contributed by atoms with Crippen molar-refractivity contribution in [2.75, 3.05) is 13.6 Å². The number of carbonyl (C=O) groups is 2. The average molecular weight is 295 g/mol. The fourth-order valence-electron chi connectivity index (χ4n) is 2.90. The van der Waals surface area contributed by atoms with Crippen molar-refractivity contribution in [1.82, 2.24) is 15.5 Å². The second-order valence-electron chi connectivity index (χ2n) is 6.81. The van der Waals surface area contributed by atoms with Gasteiger partial charge in [0.15, 0.2) is 0 Å². The zero-order valence-corrected chi connectivity index (χ0v) is 13.5. The number of nitrogens with one attached hydrogen (secondary N) is 2. The Morgan fingerprint density at radius 1 is 1.14 bits per heavy atom. The summed E-state index contributed by atoms with van der Waals surface area (Å²) in [5.41, 5.74) is 0. The third kappa shape index (κ3) is 4.99. The zero-order chi connectivity index (χ0) is 15.4. The van der Waals surface area contributed by atoms with Gasteiger partial charge in [0.25, 0.3) is 0 Å². The molecule has 0 aromatic rings. The predicted molar refractivity (Wildman–Crippen MR) is 82.8 cm³/mol. The third-order valence-corrected chi connectivity index (χ3v) is 4.82. The monoisotopic (exact) mass is 295 g/mol. The minimum absolute atomic E-state index is 0.0192. The normalized spacial score (nSPS) is 27.2. The lowest BCUT2D eigenvalue weighted by molar-refractivity contribution is -0.128. The van der Waals surface area contributed by atoms with E-state index in [1.54, 1.807) is 0 Å². The van der Waals surface area contributed by atoms with Gasteiger partial charge in [-0.25, -0.2) is 0 Å². The summed E-state index contributed by atoms with van der Waals surface area (Å²) in [4.78, 5) is 25.9. The molecular weight excluding hydrogens is 266 g/mol. The molecule has 5 nitrogen and oxygen atoms in total. The van der Waals surface area contributed by atoms with Gasteiger partial charge in [-0.2, -0.15) is 0 Å². The largest absolute Gasteiger partial charge is 0.352 e. The summed E-state index contributed by atoms with van der Waals surface area (Å²) in [6.07, 6.45) is 6.91. The maximum atomic E-state index is 12.3. The highest BCUT2D eigenvalue weighted by Crippen LogP contribution is 2.23. The van der Waals surface area contributed by atoms with Gasteiger partial charge in [-0.05, 0) is 45.6 Å². The van der Waals surface area contributed by atoms with Crippen LogP contribution in [0.15, 0.2) is 0 Å². The number of nitrogens with zero attached hydrogens (tertiary/aromatic N) is 1. The molecule has 2 rings (SSSR count). The second kappa shape index (κ2) is 7.25. The maximum absolute atomic E-state index is 12.3. The van der Waals surface area contributed by atoms with Gasteiger partial charge in [0.05, 0.1) is 12.6 Å².